The van der Waals surface area contributed by atoms with Crippen LogP contribution in [-0.4, -0.2) is 54.3 Å². The number of nitrogens with zero attached hydrogens (tertiary/aromatic N) is 1. The Morgan fingerprint density at radius 1 is 1.22 bits per heavy atom. The molecule has 0 aromatic heterocycles. The molecule has 1 saturated heterocycles. The molecule has 1 aromatic rings. The normalized spacial score (nSPS) is 17.3. The van der Waals surface area contributed by atoms with Gasteiger partial charge in [0, 0.05) is 18.7 Å². The van der Waals surface area contributed by atoms with E-state index in [0.717, 1.165) is 12.8 Å². The van der Waals surface area contributed by atoms with E-state index in [-0.39, 0.29) is 17.5 Å². The van der Waals surface area contributed by atoms with Gasteiger partial charge in [0.2, 0.25) is 0 Å². The van der Waals surface area contributed by atoms with Gasteiger partial charge in [-0.05, 0) is 44.9 Å². The minimum absolute atomic E-state index is 0.0477. The maximum atomic E-state index is 12.8. The van der Waals surface area contributed by atoms with Crippen molar-refractivity contribution >= 4 is 11.9 Å². The van der Waals surface area contributed by atoms with Crippen LogP contribution in [0.2, 0.25) is 0 Å². The summed E-state index contributed by atoms with van der Waals surface area (Å²) in [7, 11) is 0. The zero-order valence-corrected chi connectivity index (χ0v) is 13.6. The molecule has 23 heavy (non-hydrogen) atoms. The minimum atomic E-state index is -1.08. The van der Waals surface area contributed by atoms with Crippen molar-refractivity contribution in [2.24, 2.45) is 0 Å². The third kappa shape index (κ3) is 4.22. The summed E-state index contributed by atoms with van der Waals surface area (Å²) in [6, 6.07) is 4.49. The molecule has 1 aromatic carbocycles. The lowest BCUT2D eigenvalue weighted by Crippen LogP contribution is -2.38. The molecule has 126 valence electrons. The Morgan fingerprint density at radius 2 is 1.96 bits per heavy atom. The molecule has 1 atom stereocenters. The van der Waals surface area contributed by atoms with Gasteiger partial charge in [0.1, 0.15) is 5.75 Å². The van der Waals surface area contributed by atoms with Gasteiger partial charge in [0.15, 0.2) is 0 Å². The Balaban J connectivity index is 2.25. The van der Waals surface area contributed by atoms with Crippen LogP contribution in [0.1, 0.15) is 47.4 Å². The van der Waals surface area contributed by atoms with Crippen LogP contribution in [0.5, 0.6) is 5.75 Å². The number of ether oxygens (including phenoxy) is 2. The van der Waals surface area contributed by atoms with Gasteiger partial charge in [-0.15, -0.1) is 0 Å². The summed E-state index contributed by atoms with van der Waals surface area (Å²) >= 11 is 0. The van der Waals surface area contributed by atoms with E-state index in [0.29, 0.717) is 37.7 Å². The van der Waals surface area contributed by atoms with Crippen molar-refractivity contribution in [1.29, 1.82) is 0 Å². The van der Waals surface area contributed by atoms with Crippen molar-refractivity contribution in [3.05, 3.63) is 29.3 Å². The summed E-state index contributed by atoms with van der Waals surface area (Å²) in [4.78, 5) is 25.8. The van der Waals surface area contributed by atoms with Crippen molar-refractivity contribution in [2.45, 2.75) is 32.7 Å². The van der Waals surface area contributed by atoms with E-state index < -0.39 is 5.97 Å². The summed E-state index contributed by atoms with van der Waals surface area (Å²) in [5, 5.41) is 9.22. The molecule has 0 saturated carbocycles. The lowest BCUT2D eigenvalue weighted by atomic mass is 10.1. The highest BCUT2D eigenvalue weighted by molar-refractivity contribution is 5.98. The van der Waals surface area contributed by atoms with E-state index in [1.807, 2.05) is 13.8 Å². The zero-order valence-electron chi connectivity index (χ0n) is 13.6. The summed E-state index contributed by atoms with van der Waals surface area (Å²) in [5.41, 5.74) is 0.400. The van der Waals surface area contributed by atoms with E-state index >= 15 is 0 Å². The second-order valence-corrected chi connectivity index (χ2v) is 5.44. The monoisotopic (exact) mass is 321 g/mol. The molecule has 1 aliphatic heterocycles. The molecule has 0 spiro atoms. The van der Waals surface area contributed by atoms with Crippen LogP contribution >= 0.6 is 0 Å². The highest BCUT2D eigenvalue weighted by atomic mass is 16.5. The molecule has 2 rings (SSSR count). The van der Waals surface area contributed by atoms with E-state index in [9.17, 15) is 14.7 Å². The number of amides is 1. The Kier molecular flexibility index (Phi) is 5.98. The first-order valence-corrected chi connectivity index (χ1v) is 7.96. The van der Waals surface area contributed by atoms with Crippen molar-refractivity contribution in [2.75, 3.05) is 26.4 Å². The van der Waals surface area contributed by atoms with Gasteiger partial charge in [0.05, 0.1) is 24.8 Å². The van der Waals surface area contributed by atoms with Gasteiger partial charge in [-0.25, -0.2) is 4.79 Å². The third-order valence-electron chi connectivity index (χ3n) is 3.86. The van der Waals surface area contributed by atoms with Crippen LogP contribution in [0, 0.1) is 0 Å². The Hall–Kier alpha value is -2.08. The average Bonchev–Trinajstić information content (AvgIpc) is 3.00. The Morgan fingerprint density at radius 3 is 2.61 bits per heavy atom. The molecule has 6 nitrogen and oxygen atoms in total. The lowest BCUT2D eigenvalue weighted by molar-refractivity contribution is 0.0564. The second-order valence-electron chi connectivity index (χ2n) is 5.44. The predicted octanol–water partition coefficient (Wildman–Crippen LogP) is 2.42. The number of hydrogen-bond donors (Lipinski definition) is 1. The first kappa shape index (κ1) is 17.3. The Labute approximate surface area is 136 Å². The van der Waals surface area contributed by atoms with Crippen LogP contribution in [0.3, 0.4) is 0 Å². The predicted molar refractivity (Wildman–Crippen MR) is 85.1 cm³/mol. The van der Waals surface area contributed by atoms with Crippen LogP contribution in [0.15, 0.2) is 18.2 Å². The first-order valence-electron chi connectivity index (χ1n) is 7.96. The molecule has 1 heterocycles. The SMILES string of the molecule is CCOC[C@H]1CCCN1C(=O)c1cc(OCC)cc(C(=O)O)c1. The molecule has 0 bridgehead atoms. The van der Waals surface area contributed by atoms with E-state index in [4.69, 9.17) is 9.47 Å². The van der Waals surface area contributed by atoms with Crippen LogP contribution < -0.4 is 4.74 Å². The number of hydrogen-bond acceptors (Lipinski definition) is 4. The van der Waals surface area contributed by atoms with Gasteiger partial charge in [-0.2, -0.15) is 0 Å². The molecule has 0 unspecified atom stereocenters. The fraction of sp³-hybridized carbons (Fsp3) is 0.529. The fourth-order valence-corrected chi connectivity index (χ4v) is 2.79. The molecule has 1 aliphatic rings. The van der Waals surface area contributed by atoms with Gasteiger partial charge in [-0.1, -0.05) is 0 Å². The van der Waals surface area contributed by atoms with Gasteiger partial charge in [0.25, 0.3) is 5.91 Å². The quantitative estimate of drug-likeness (QED) is 0.834. The summed E-state index contributed by atoms with van der Waals surface area (Å²) < 4.78 is 10.8. The van der Waals surface area contributed by atoms with Gasteiger partial charge in [-0.3, -0.25) is 4.79 Å². The van der Waals surface area contributed by atoms with E-state index in [1.165, 1.54) is 12.1 Å². The highest BCUT2D eigenvalue weighted by Gasteiger charge is 2.30. The lowest BCUT2D eigenvalue weighted by Gasteiger charge is -2.25. The second kappa shape index (κ2) is 7.97. The third-order valence-corrected chi connectivity index (χ3v) is 3.86. The molecule has 0 radical (unpaired) electrons. The molecule has 6 heteroatoms. The fourth-order valence-electron chi connectivity index (χ4n) is 2.79. The first-order chi connectivity index (χ1) is 11.1. The van der Waals surface area contributed by atoms with Gasteiger partial charge < -0.3 is 19.5 Å². The topological polar surface area (TPSA) is 76.1 Å². The van der Waals surface area contributed by atoms with Crippen molar-refractivity contribution in [3.8, 4) is 5.75 Å². The molecule has 0 aliphatic carbocycles. The number of carboxylic acids is 1. The summed E-state index contributed by atoms with van der Waals surface area (Å²) in [5.74, 6) is -0.847. The van der Waals surface area contributed by atoms with Crippen LogP contribution in [-0.2, 0) is 4.74 Å². The highest BCUT2D eigenvalue weighted by Crippen LogP contribution is 2.24. The number of aromatic carboxylic acids is 1. The van der Waals surface area contributed by atoms with Crippen molar-refractivity contribution in [3.63, 3.8) is 0 Å². The van der Waals surface area contributed by atoms with Gasteiger partial charge >= 0.3 is 5.97 Å². The number of rotatable bonds is 7. The number of carboxylic acid groups (broad SMARTS) is 1. The zero-order chi connectivity index (χ0) is 16.8. The number of likely N-dealkylation sites (tertiary alicyclic amines) is 1. The van der Waals surface area contributed by atoms with E-state index in [2.05, 4.69) is 0 Å². The summed E-state index contributed by atoms with van der Waals surface area (Å²) in [6.45, 7) is 5.94. The number of benzene rings is 1. The maximum Gasteiger partial charge on any atom is 0.335 e. The summed E-state index contributed by atoms with van der Waals surface area (Å²) in [6.07, 6.45) is 1.84. The molecular formula is C17H23NO5. The number of carbonyl (C=O) groups excluding carboxylic acids is 1. The largest absolute Gasteiger partial charge is 0.494 e. The van der Waals surface area contributed by atoms with Crippen LogP contribution in [0.4, 0.5) is 0 Å². The van der Waals surface area contributed by atoms with Crippen molar-refractivity contribution < 1.29 is 24.2 Å². The standard InChI is InChI=1S/C17H23NO5/c1-3-22-11-14-6-5-7-18(14)16(19)12-8-13(17(20)21)10-15(9-12)23-4-2/h8-10,14H,3-7,11H2,1-2H3,(H,20,21)/t14-/m1/s1. The number of carbonyl (C=O) groups is 2. The Bertz CT molecular complexity index is 572. The molecular weight excluding hydrogens is 298 g/mol. The minimum Gasteiger partial charge on any atom is -0.494 e. The average molecular weight is 321 g/mol. The van der Waals surface area contributed by atoms with Crippen LogP contribution in [0.25, 0.3) is 0 Å². The maximum absolute atomic E-state index is 12.8. The molecule has 1 amide bonds. The molecule has 1 fully saturated rings. The smallest absolute Gasteiger partial charge is 0.335 e. The molecule has 1 N–H and O–H groups in total. The van der Waals surface area contributed by atoms with Crippen molar-refractivity contribution in [1.82, 2.24) is 4.90 Å². The van der Waals surface area contributed by atoms with E-state index in [1.54, 1.807) is 11.0 Å².